The molecule has 2 aromatic heterocycles. The average molecular weight is 303 g/mol. The molecule has 1 amide bonds. The Hall–Kier alpha value is -2.15. The molecule has 1 atom stereocenters. The summed E-state index contributed by atoms with van der Waals surface area (Å²) in [6.45, 7) is 2.59. The summed E-state index contributed by atoms with van der Waals surface area (Å²) in [6.07, 6.45) is 8.31. The van der Waals surface area contributed by atoms with Gasteiger partial charge in [0, 0.05) is 6.04 Å². The van der Waals surface area contributed by atoms with E-state index >= 15 is 0 Å². The van der Waals surface area contributed by atoms with Gasteiger partial charge in [0.05, 0.1) is 25.9 Å². The SMILES string of the molecule is O=C(CN1CCCC[C@H]1Cn1cncn1)NCc1ccco1. The van der Waals surface area contributed by atoms with E-state index in [9.17, 15) is 4.79 Å². The van der Waals surface area contributed by atoms with Crippen molar-refractivity contribution in [2.45, 2.75) is 38.4 Å². The highest BCUT2D eigenvalue weighted by atomic mass is 16.3. The molecule has 0 aromatic carbocycles. The lowest BCUT2D eigenvalue weighted by molar-refractivity contribution is -0.123. The molecule has 0 unspecified atom stereocenters. The molecule has 2 aromatic rings. The van der Waals surface area contributed by atoms with E-state index in [0.717, 1.165) is 31.7 Å². The quantitative estimate of drug-likeness (QED) is 0.863. The van der Waals surface area contributed by atoms with Gasteiger partial charge < -0.3 is 9.73 Å². The van der Waals surface area contributed by atoms with Crippen LogP contribution >= 0.6 is 0 Å². The van der Waals surface area contributed by atoms with E-state index in [-0.39, 0.29) is 5.91 Å². The first-order valence-electron chi connectivity index (χ1n) is 7.67. The van der Waals surface area contributed by atoms with Gasteiger partial charge in [-0.15, -0.1) is 0 Å². The van der Waals surface area contributed by atoms with E-state index in [0.29, 0.717) is 19.1 Å². The summed E-state index contributed by atoms with van der Waals surface area (Å²) in [6, 6.07) is 4.01. The van der Waals surface area contributed by atoms with Crippen molar-refractivity contribution in [3.05, 3.63) is 36.8 Å². The second-order valence-electron chi connectivity index (χ2n) is 5.59. The van der Waals surface area contributed by atoms with Crippen molar-refractivity contribution in [3.8, 4) is 0 Å². The maximum Gasteiger partial charge on any atom is 0.234 e. The lowest BCUT2D eigenvalue weighted by atomic mass is 10.0. The molecular weight excluding hydrogens is 282 g/mol. The highest BCUT2D eigenvalue weighted by Gasteiger charge is 2.24. The molecule has 0 saturated carbocycles. The highest BCUT2D eigenvalue weighted by Crippen LogP contribution is 2.17. The molecule has 0 spiro atoms. The molecule has 3 rings (SSSR count). The third-order valence-corrected chi connectivity index (χ3v) is 4.00. The standard InChI is InChI=1S/C15H21N5O2/c21-15(17-8-14-5-3-7-22-14)10-19-6-2-1-4-13(19)9-20-12-16-11-18-20/h3,5,7,11-13H,1-2,4,6,8-10H2,(H,17,21)/t13-/m0/s1. The Labute approximate surface area is 129 Å². The molecule has 118 valence electrons. The van der Waals surface area contributed by atoms with Crippen LogP contribution in [0.4, 0.5) is 0 Å². The molecule has 7 nitrogen and oxygen atoms in total. The van der Waals surface area contributed by atoms with Crippen LogP contribution in [-0.2, 0) is 17.9 Å². The molecule has 0 radical (unpaired) electrons. The fourth-order valence-corrected chi connectivity index (χ4v) is 2.86. The number of nitrogens with zero attached hydrogens (tertiary/aromatic N) is 4. The number of hydrogen-bond acceptors (Lipinski definition) is 5. The zero-order chi connectivity index (χ0) is 15.2. The summed E-state index contributed by atoms with van der Waals surface area (Å²) in [7, 11) is 0. The van der Waals surface area contributed by atoms with Crippen LogP contribution in [0.5, 0.6) is 0 Å². The predicted molar refractivity (Wildman–Crippen MR) is 79.8 cm³/mol. The molecular formula is C15H21N5O2. The van der Waals surface area contributed by atoms with E-state index < -0.39 is 0 Å². The van der Waals surface area contributed by atoms with Crippen molar-refractivity contribution in [1.29, 1.82) is 0 Å². The second kappa shape index (κ2) is 7.22. The Kier molecular flexibility index (Phi) is 4.85. The topological polar surface area (TPSA) is 76.2 Å². The zero-order valence-corrected chi connectivity index (χ0v) is 12.5. The number of likely N-dealkylation sites (tertiary alicyclic amines) is 1. The van der Waals surface area contributed by atoms with Crippen molar-refractivity contribution in [2.24, 2.45) is 0 Å². The van der Waals surface area contributed by atoms with Crippen LogP contribution in [0.25, 0.3) is 0 Å². The van der Waals surface area contributed by atoms with E-state index in [1.54, 1.807) is 18.9 Å². The largest absolute Gasteiger partial charge is 0.467 e. The first-order valence-corrected chi connectivity index (χ1v) is 7.67. The van der Waals surface area contributed by atoms with Crippen molar-refractivity contribution >= 4 is 5.91 Å². The number of amides is 1. The van der Waals surface area contributed by atoms with Crippen molar-refractivity contribution in [3.63, 3.8) is 0 Å². The van der Waals surface area contributed by atoms with E-state index in [4.69, 9.17) is 4.42 Å². The van der Waals surface area contributed by atoms with Crippen LogP contribution in [-0.4, -0.2) is 44.7 Å². The van der Waals surface area contributed by atoms with E-state index in [1.165, 1.54) is 6.42 Å². The number of nitrogens with one attached hydrogen (secondary N) is 1. The van der Waals surface area contributed by atoms with Gasteiger partial charge in [0.25, 0.3) is 0 Å². The van der Waals surface area contributed by atoms with Gasteiger partial charge in [0.1, 0.15) is 18.4 Å². The number of carbonyl (C=O) groups is 1. The van der Waals surface area contributed by atoms with Gasteiger partial charge >= 0.3 is 0 Å². The molecule has 0 bridgehead atoms. The average Bonchev–Trinajstić information content (AvgIpc) is 3.20. The molecule has 1 N–H and O–H groups in total. The van der Waals surface area contributed by atoms with Crippen LogP contribution in [0.1, 0.15) is 25.0 Å². The van der Waals surface area contributed by atoms with Crippen LogP contribution in [0.15, 0.2) is 35.5 Å². The minimum Gasteiger partial charge on any atom is -0.467 e. The van der Waals surface area contributed by atoms with Crippen molar-refractivity contribution < 1.29 is 9.21 Å². The summed E-state index contributed by atoms with van der Waals surface area (Å²) in [5.41, 5.74) is 0. The number of piperidine rings is 1. The normalized spacial score (nSPS) is 19.2. The van der Waals surface area contributed by atoms with Gasteiger partial charge in [-0.1, -0.05) is 6.42 Å². The summed E-state index contributed by atoms with van der Waals surface area (Å²) < 4.78 is 7.06. The number of aromatic nitrogens is 3. The Bertz CT molecular complexity index is 567. The van der Waals surface area contributed by atoms with Crippen molar-refractivity contribution in [2.75, 3.05) is 13.1 Å². The first-order chi connectivity index (χ1) is 10.8. The van der Waals surface area contributed by atoms with E-state index in [2.05, 4.69) is 20.3 Å². The van der Waals surface area contributed by atoms with Crippen molar-refractivity contribution in [1.82, 2.24) is 25.0 Å². The van der Waals surface area contributed by atoms with Gasteiger partial charge in [-0.3, -0.25) is 14.4 Å². The molecule has 1 fully saturated rings. The Morgan fingerprint density at radius 2 is 2.41 bits per heavy atom. The van der Waals surface area contributed by atoms with Gasteiger partial charge in [-0.05, 0) is 31.5 Å². The Morgan fingerprint density at radius 3 is 3.18 bits per heavy atom. The zero-order valence-electron chi connectivity index (χ0n) is 12.5. The van der Waals surface area contributed by atoms with Crippen LogP contribution in [0.2, 0.25) is 0 Å². The van der Waals surface area contributed by atoms with Crippen LogP contribution in [0.3, 0.4) is 0 Å². The minimum absolute atomic E-state index is 0.0295. The summed E-state index contributed by atoms with van der Waals surface area (Å²) in [5.74, 6) is 0.799. The maximum atomic E-state index is 12.1. The van der Waals surface area contributed by atoms with E-state index in [1.807, 2.05) is 16.8 Å². The van der Waals surface area contributed by atoms with Crippen LogP contribution < -0.4 is 5.32 Å². The lowest BCUT2D eigenvalue weighted by Gasteiger charge is -2.34. The Morgan fingerprint density at radius 1 is 1.45 bits per heavy atom. The summed E-state index contributed by atoms with van der Waals surface area (Å²) in [4.78, 5) is 18.3. The predicted octanol–water partition coefficient (Wildman–Crippen LogP) is 1.04. The maximum absolute atomic E-state index is 12.1. The number of furan rings is 1. The number of carbonyl (C=O) groups excluding carboxylic acids is 1. The summed E-state index contributed by atoms with van der Waals surface area (Å²) in [5, 5.41) is 7.06. The summed E-state index contributed by atoms with van der Waals surface area (Å²) >= 11 is 0. The van der Waals surface area contributed by atoms with Gasteiger partial charge in [-0.2, -0.15) is 5.10 Å². The fraction of sp³-hybridized carbons (Fsp3) is 0.533. The Balaban J connectivity index is 1.51. The molecule has 7 heteroatoms. The molecule has 1 aliphatic rings. The fourth-order valence-electron chi connectivity index (χ4n) is 2.86. The lowest BCUT2D eigenvalue weighted by Crippen LogP contribution is -2.47. The molecule has 1 aliphatic heterocycles. The number of hydrogen-bond donors (Lipinski definition) is 1. The smallest absolute Gasteiger partial charge is 0.234 e. The highest BCUT2D eigenvalue weighted by molar-refractivity contribution is 5.78. The van der Waals surface area contributed by atoms with Gasteiger partial charge in [0.15, 0.2) is 0 Å². The molecule has 3 heterocycles. The monoisotopic (exact) mass is 303 g/mol. The third-order valence-electron chi connectivity index (χ3n) is 4.00. The molecule has 0 aliphatic carbocycles. The molecule has 1 saturated heterocycles. The van der Waals surface area contributed by atoms with Crippen LogP contribution in [0, 0.1) is 0 Å². The van der Waals surface area contributed by atoms with Gasteiger partial charge in [-0.25, -0.2) is 4.98 Å². The molecule has 22 heavy (non-hydrogen) atoms. The second-order valence-corrected chi connectivity index (χ2v) is 5.59. The first kappa shape index (κ1) is 14.8. The third kappa shape index (κ3) is 3.94. The minimum atomic E-state index is 0.0295. The number of rotatable bonds is 6. The van der Waals surface area contributed by atoms with Gasteiger partial charge in [0.2, 0.25) is 5.91 Å².